The number of rotatable bonds is 4. The minimum atomic E-state index is 0.196. The second kappa shape index (κ2) is 11.6. The highest BCUT2D eigenvalue weighted by atomic mass is 16.3. The molecule has 2 aliphatic rings. The summed E-state index contributed by atoms with van der Waals surface area (Å²) in [5.41, 5.74) is 9.49. The van der Waals surface area contributed by atoms with E-state index in [1.54, 1.807) is 0 Å². The Labute approximate surface area is 315 Å². The van der Waals surface area contributed by atoms with Crippen LogP contribution in [0.4, 0.5) is 11.4 Å². The number of hydrogen-bond donors (Lipinski definition) is 0. The molecule has 6 nitrogen and oxygen atoms in total. The summed E-state index contributed by atoms with van der Waals surface area (Å²) >= 11 is 0. The number of nitrogens with zero attached hydrogens (tertiary/aromatic N) is 4. The van der Waals surface area contributed by atoms with E-state index in [9.17, 15) is 0 Å². The Balaban J connectivity index is 0.991. The third-order valence-electron chi connectivity index (χ3n) is 11.2. The zero-order chi connectivity index (χ0) is 36.0. The molecule has 0 saturated carbocycles. The summed E-state index contributed by atoms with van der Waals surface area (Å²) in [7, 11) is 0. The number of furan rings is 2. The lowest BCUT2D eigenvalue weighted by molar-refractivity contribution is 0.668. The van der Waals surface area contributed by atoms with Crippen LogP contribution in [0.1, 0.15) is 11.5 Å². The van der Waals surface area contributed by atoms with Crippen LogP contribution in [-0.4, -0.2) is 21.0 Å². The molecule has 0 N–H and O–H groups in total. The number of aromatic nitrogens is 3. The number of anilines is 2. The quantitative estimate of drug-likeness (QED) is 0.181. The average Bonchev–Trinajstić information content (AvgIpc) is 3.91. The molecule has 7 aromatic carbocycles. The second-order valence-corrected chi connectivity index (χ2v) is 14.4. The van der Waals surface area contributed by atoms with Gasteiger partial charge in [-0.3, -0.25) is 0 Å². The van der Waals surface area contributed by atoms with Crippen molar-refractivity contribution in [2.75, 3.05) is 4.90 Å². The summed E-state index contributed by atoms with van der Waals surface area (Å²) in [6, 6.07) is 50.6. The van der Waals surface area contributed by atoms with Crippen molar-refractivity contribution in [3.05, 3.63) is 175 Å². The van der Waals surface area contributed by atoms with Crippen LogP contribution in [0.5, 0.6) is 0 Å². The van der Waals surface area contributed by atoms with E-state index in [2.05, 4.69) is 108 Å². The van der Waals surface area contributed by atoms with Gasteiger partial charge in [0.25, 0.3) is 0 Å². The van der Waals surface area contributed by atoms with E-state index >= 15 is 0 Å². The molecule has 0 amide bonds. The Kier molecular flexibility index (Phi) is 6.36. The fourth-order valence-electron chi connectivity index (χ4n) is 8.64. The summed E-state index contributed by atoms with van der Waals surface area (Å²) in [5.74, 6) is 1.98. The van der Waals surface area contributed by atoms with Gasteiger partial charge in [0, 0.05) is 50.0 Å². The molecule has 0 saturated heterocycles. The van der Waals surface area contributed by atoms with Crippen LogP contribution in [0.15, 0.2) is 179 Å². The predicted molar refractivity (Wildman–Crippen MR) is 222 cm³/mol. The van der Waals surface area contributed by atoms with Crippen molar-refractivity contribution in [3.63, 3.8) is 0 Å². The Hall–Kier alpha value is -7.31. The Morgan fingerprint density at radius 1 is 0.473 bits per heavy atom. The molecule has 1 aliphatic heterocycles. The van der Waals surface area contributed by atoms with E-state index in [1.807, 2.05) is 66.7 Å². The maximum atomic E-state index is 6.56. The van der Waals surface area contributed by atoms with E-state index in [4.69, 9.17) is 23.8 Å². The van der Waals surface area contributed by atoms with Crippen molar-refractivity contribution in [1.29, 1.82) is 0 Å². The van der Waals surface area contributed by atoms with Gasteiger partial charge < -0.3 is 13.7 Å². The lowest BCUT2D eigenvalue weighted by Crippen LogP contribution is -2.28. The number of benzene rings is 7. The molecule has 258 valence electrons. The number of fused-ring (bicyclic) bond motifs is 10. The van der Waals surface area contributed by atoms with Gasteiger partial charge in [0.1, 0.15) is 22.3 Å². The summed E-state index contributed by atoms with van der Waals surface area (Å²) in [5, 5.41) is 6.70. The Bertz CT molecular complexity index is 3250. The summed E-state index contributed by atoms with van der Waals surface area (Å²) in [6.07, 6.45) is 8.99. The van der Waals surface area contributed by atoms with Crippen LogP contribution in [-0.2, 0) is 0 Å². The SMILES string of the molecule is C1=CC2c3cc4ccccc4cc3N(c3ccc4oc5cc(-c6nc(-c7ccccc7)nc(-c7cccc8c7oc7ccccc78)n6)ccc5c4c3)C2C=C1. The highest BCUT2D eigenvalue weighted by Crippen LogP contribution is 2.50. The van der Waals surface area contributed by atoms with Crippen LogP contribution in [0.25, 0.3) is 88.8 Å². The van der Waals surface area contributed by atoms with Gasteiger partial charge in [-0.15, -0.1) is 0 Å². The standard InChI is InChI=1S/C49H30N4O2/c1-2-11-29(12-3-1)47-50-48(52-49(51-47)38-18-10-17-37-35-16-7-9-20-43(35)55-46(37)38)32-21-23-36-40-28-33(22-24-44(40)54-45(36)27-32)53-41-19-8-6-15-34(41)39-25-30-13-4-5-14-31(30)26-42(39)53/h1-28,34,41H. The first-order chi connectivity index (χ1) is 27.2. The maximum absolute atomic E-state index is 6.56. The minimum Gasteiger partial charge on any atom is -0.456 e. The third kappa shape index (κ3) is 4.64. The largest absolute Gasteiger partial charge is 0.456 e. The van der Waals surface area contributed by atoms with Crippen molar-refractivity contribution >= 4 is 66.0 Å². The molecule has 0 fully saturated rings. The molecule has 1 aliphatic carbocycles. The van der Waals surface area contributed by atoms with Crippen LogP contribution in [0.2, 0.25) is 0 Å². The molecule has 0 bridgehead atoms. The van der Waals surface area contributed by atoms with Crippen LogP contribution < -0.4 is 4.90 Å². The van der Waals surface area contributed by atoms with E-state index in [1.165, 1.54) is 22.0 Å². The Morgan fingerprint density at radius 2 is 1.20 bits per heavy atom. The zero-order valence-corrected chi connectivity index (χ0v) is 29.4. The third-order valence-corrected chi connectivity index (χ3v) is 11.2. The molecular weight excluding hydrogens is 677 g/mol. The molecule has 12 rings (SSSR count). The normalized spacial score (nSPS) is 16.2. The highest BCUT2D eigenvalue weighted by molar-refractivity contribution is 6.09. The van der Waals surface area contributed by atoms with Crippen LogP contribution in [0, 0.1) is 0 Å². The van der Waals surface area contributed by atoms with Gasteiger partial charge in [-0.25, -0.2) is 15.0 Å². The molecule has 2 atom stereocenters. The van der Waals surface area contributed by atoms with Gasteiger partial charge in [-0.2, -0.15) is 0 Å². The van der Waals surface area contributed by atoms with Crippen LogP contribution in [0.3, 0.4) is 0 Å². The van der Waals surface area contributed by atoms with Crippen molar-refractivity contribution in [2.45, 2.75) is 12.0 Å². The van der Waals surface area contributed by atoms with Gasteiger partial charge in [0.2, 0.25) is 0 Å². The van der Waals surface area contributed by atoms with Crippen molar-refractivity contribution < 1.29 is 8.83 Å². The van der Waals surface area contributed by atoms with E-state index < -0.39 is 0 Å². The molecule has 0 spiro atoms. The van der Waals surface area contributed by atoms with Crippen LogP contribution >= 0.6 is 0 Å². The average molecular weight is 707 g/mol. The number of hydrogen-bond acceptors (Lipinski definition) is 6. The molecule has 55 heavy (non-hydrogen) atoms. The fourth-order valence-corrected chi connectivity index (χ4v) is 8.64. The molecule has 10 aromatic rings. The van der Waals surface area contributed by atoms with Gasteiger partial charge in [0.15, 0.2) is 17.5 Å². The van der Waals surface area contributed by atoms with E-state index in [0.717, 1.165) is 66.3 Å². The lowest BCUT2D eigenvalue weighted by Gasteiger charge is -2.28. The van der Waals surface area contributed by atoms with Gasteiger partial charge in [-0.05, 0) is 70.9 Å². The first-order valence-electron chi connectivity index (χ1n) is 18.6. The smallest absolute Gasteiger partial charge is 0.167 e. The number of para-hydroxylation sites is 2. The molecule has 0 radical (unpaired) electrons. The maximum Gasteiger partial charge on any atom is 0.167 e. The minimum absolute atomic E-state index is 0.196. The molecule has 6 heteroatoms. The van der Waals surface area contributed by atoms with Crippen molar-refractivity contribution in [3.8, 4) is 34.2 Å². The summed E-state index contributed by atoms with van der Waals surface area (Å²) in [4.78, 5) is 17.6. The first kappa shape index (κ1) is 30.2. The second-order valence-electron chi connectivity index (χ2n) is 14.4. The molecule has 2 unspecified atom stereocenters. The molecular formula is C49H30N4O2. The van der Waals surface area contributed by atoms with Crippen molar-refractivity contribution in [1.82, 2.24) is 15.0 Å². The van der Waals surface area contributed by atoms with E-state index in [-0.39, 0.29) is 12.0 Å². The van der Waals surface area contributed by atoms with E-state index in [0.29, 0.717) is 17.5 Å². The van der Waals surface area contributed by atoms with Crippen molar-refractivity contribution in [2.24, 2.45) is 0 Å². The molecule has 3 aromatic heterocycles. The lowest BCUT2D eigenvalue weighted by atomic mass is 9.90. The van der Waals surface area contributed by atoms with Gasteiger partial charge in [-0.1, -0.05) is 115 Å². The topological polar surface area (TPSA) is 68.2 Å². The van der Waals surface area contributed by atoms with Gasteiger partial charge >= 0.3 is 0 Å². The fraction of sp³-hybridized carbons (Fsp3) is 0.0408. The van der Waals surface area contributed by atoms with Gasteiger partial charge in [0.05, 0.1) is 11.6 Å². The summed E-state index contributed by atoms with van der Waals surface area (Å²) < 4.78 is 13.0. The first-order valence-corrected chi connectivity index (χ1v) is 18.6. The highest BCUT2D eigenvalue weighted by Gasteiger charge is 2.37. The summed E-state index contributed by atoms with van der Waals surface area (Å²) in [6.45, 7) is 0. The monoisotopic (exact) mass is 706 g/mol. The number of allylic oxidation sites excluding steroid dienone is 2. The predicted octanol–water partition coefficient (Wildman–Crippen LogP) is 12.6. The molecule has 4 heterocycles. The Morgan fingerprint density at radius 3 is 2.11 bits per heavy atom. The zero-order valence-electron chi connectivity index (χ0n) is 29.4.